The first-order chi connectivity index (χ1) is 14.7. The molecular formula is C24H27NO5. The third-order valence-corrected chi connectivity index (χ3v) is 5.40. The molecular weight excluding hydrogens is 382 g/mol. The van der Waals surface area contributed by atoms with Crippen LogP contribution in [0.2, 0.25) is 0 Å². The number of hydrogen-bond donors (Lipinski definition) is 0. The highest BCUT2D eigenvalue weighted by Crippen LogP contribution is 2.35. The van der Waals surface area contributed by atoms with Gasteiger partial charge in [-0.1, -0.05) is 0 Å². The van der Waals surface area contributed by atoms with E-state index in [1.54, 1.807) is 38.5 Å². The molecule has 1 saturated heterocycles. The van der Waals surface area contributed by atoms with Gasteiger partial charge in [-0.05, 0) is 68.3 Å². The third kappa shape index (κ3) is 4.60. The minimum atomic E-state index is -0.146. The molecule has 0 bridgehead atoms. The molecule has 0 saturated carbocycles. The maximum atomic E-state index is 12.7. The van der Waals surface area contributed by atoms with E-state index in [1.807, 2.05) is 18.2 Å². The predicted molar refractivity (Wildman–Crippen MR) is 115 cm³/mol. The topological polar surface area (TPSA) is 57.2 Å². The quantitative estimate of drug-likeness (QED) is 0.481. The lowest BCUT2D eigenvalue weighted by Gasteiger charge is -2.14. The number of rotatable bonds is 8. The normalized spacial score (nSPS) is 17.1. The molecule has 2 aliphatic rings. The van der Waals surface area contributed by atoms with Crippen molar-refractivity contribution >= 4 is 11.9 Å². The second kappa shape index (κ2) is 9.22. The molecule has 6 heteroatoms. The summed E-state index contributed by atoms with van der Waals surface area (Å²) in [6, 6.07) is 10.8. The van der Waals surface area contributed by atoms with Crippen LogP contribution in [-0.2, 0) is 0 Å². The Kier molecular flexibility index (Phi) is 6.23. The lowest BCUT2D eigenvalue weighted by atomic mass is 10.1. The Bertz CT molecular complexity index is 924. The van der Waals surface area contributed by atoms with Gasteiger partial charge in [0, 0.05) is 18.7 Å². The van der Waals surface area contributed by atoms with Crippen LogP contribution in [0.1, 0.15) is 35.2 Å². The van der Waals surface area contributed by atoms with E-state index in [4.69, 9.17) is 18.9 Å². The van der Waals surface area contributed by atoms with Gasteiger partial charge in [0.1, 0.15) is 23.0 Å². The summed E-state index contributed by atoms with van der Waals surface area (Å²) in [5.74, 6) is 2.66. The van der Waals surface area contributed by atoms with Crippen LogP contribution in [0.15, 0.2) is 42.2 Å². The largest absolute Gasteiger partial charge is 0.497 e. The molecule has 0 aromatic heterocycles. The number of hydrogen-bond acceptors (Lipinski definition) is 6. The first-order valence-electron chi connectivity index (χ1n) is 10.3. The maximum absolute atomic E-state index is 12.7. The smallest absolute Gasteiger partial charge is 0.231 e. The summed E-state index contributed by atoms with van der Waals surface area (Å²) >= 11 is 0. The Hall–Kier alpha value is -2.99. The number of ether oxygens (including phenoxy) is 4. The van der Waals surface area contributed by atoms with Crippen LogP contribution >= 0.6 is 0 Å². The highest BCUT2D eigenvalue weighted by atomic mass is 16.5. The minimum absolute atomic E-state index is 0.146. The molecule has 0 radical (unpaired) electrons. The molecule has 2 aliphatic heterocycles. The van der Waals surface area contributed by atoms with E-state index in [0.29, 0.717) is 35.2 Å². The summed E-state index contributed by atoms with van der Waals surface area (Å²) < 4.78 is 22.3. The van der Waals surface area contributed by atoms with Crippen molar-refractivity contribution in [3.05, 3.63) is 53.3 Å². The fraction of sp³-hybridized carbons (Fsp3) is 0.375. The number of carbonyl (C=O) groups is 1. The molecule has 0 aliphatic carbocycles. The zero-order valence-electron chi connectivity index (χ0n) is 17.5. The number of allylic oxidation sites excluding steroid dienone is 1. The van der Waals surface area contributed by atoms with Crippen molar-refractivity contribution in [2.24, 2.45) is 0 Å². The fourth-order valence-corrected chi connectivity index (χ4v) is 3.81. The van der Waals surface area contributed by atoms with E-state index >= 15 is 0 Å². The zero-order chi connectivity index (χ0) is 20.9. The number of nitrogens with zero attached hydrogens (tertiary/aromatic N) is 1. The van der Waals surface area contributed by atoms with Crippen LogP contribution in [-0.4, -0.2) is 51.1 Å². The van der Waals surface area contributed by atoms with Crippen molar-refractivity contribution in [2.45, 2.75) is 19.3 Å². The van der Waals surface area contributed by atoms with Crippen molar-refractivity contribution in [1.29, 1.82) is 0 Å². The lowest BCUT2D eigenvalue weighted by Crippen LogP contribution is -2.21. The average molecular weight is 409 g/mol. The molecule has 1 fully saturated rings. The van der Waals surface area contributed by atoms with Crippen molar-refractivity contribution in [1.82, 2.24) is 4.90 Å². The Morgan fingerprint density at radius 2 is 1.73 bits per heavy atom. The van der Waals surface area contributed by atoms with Gasteiger partial charge in [0.05, 0.1) is 26.4 Å². The Labute approximate surface area is 177 Å². The SMILES string of the molecule is COc1cc(/C=C2/Oc3cc(OCCCN4CCCC4)ccc3C2=O)cc(OC)c1. The van der Waals surface area contributed by atoms with E-state index < -0.39 is 0 Å². The van der Waals surface area contributed by atoms with Crippen molar-refractivity contribution in [3.8, 4) is 23.0 Å². The monoisotopic (exact) mass is 409 g/mol. The Morgan fingerprint density at radius 3 is 2.43 bits per heavy atom. The number of methoxy groups -OCH3 is 2. The van der Waals surface area contributed by atoms with Crippen LogP contribution in [0.25, 0.3) is 6.08 Å². The van der Waals surface area contributed by atoms with Gasteiger partial charge in [0.15, 0.2) is 5.76 Å². The summed E-state index contributed by atoms with van der Waals surface area (Å²) in [6.07, 6.45) is 5.29. The van der Waals surface area contributed by atoms with Crippen LogP contribution in [0, 0.1) is 0 Å². The van der Waals surface area contributed by atoms with Crippen LogP contribution in [0.4, 0.5) is 0 Å². The molecule has 6 nitrogen and oxygen atoms in total. The molecule has 2 aromatic rings. The van der Waals surface area contributed by atoms with Crippen molar-refractivity contribution in [2.75, 3.05) is 40.5 Å². The number of benzene rings is 2. The van der Waals surface area contributed by atoms with Crippen LogP contribution in [0.5, 0.6) is 23.0 Å². The fourth-order valence-electron chi connectivity index (χ4n) is 3.81. The van der Waals surface area contributed by atoms with Gasteiger partial charge in [-0.25, -0.2) is 0 Å². The summed E-state index contributed by atoms with van der Waals surface area (Å²) in [6.45, 7) is 4.11. The van der Waals surface area contributed by atoms with Gasteiger partial charge < -0.3 is 23.8 Å². The Balaban J connectivity index is 1.42. The van der Waals surface area contributed by atoms with Gasteiger partial charge in [0.2, 0.25) is 5.78 Å². The second-order valence-corrected chi connectivity index (χ2v) is 7.49. The summed E-state index contributed by atoms with van der Waals surface area (Å²) in [5, 5.41) is 0. The number of fused-ring (bicyclic) bond motifs is 1. The molecule has 0 amide bonds. The number of ketones is 1. The van der Waals surface area contributed by atoms with Gasteiger partial charge in [-0.3, -0.25) is 4.79 Å². The van der Waals surface area contributed by atoms with Crippen molar-refractivity contribution in [3.63, 3.8) is 0 Å². The van der Waals surface area contributed by atoms with Gasteiger partial charge >= 0.3 is 0 Å². The molecule has 0 N–H and O–H groups in total. The summed E-state index contributed by atoms with van der Waals surface area (Å²) in [7, 11) is 3.18. The van der Waals surface area contributed by atoms with Gasteiger partial charge in [-0.2, -0.15) is 0 Å². The molecule has 30 heavy (non-hydrogen) atoms. The first kappa shape index (κ1) is 20.3. The maximum Gasteiger partial charge on any atom is 0.231 e. The third-order valence-electron chi connectivity index (χ3n) is 5.40. The average Bonchev–Trinajstić information content (AvgIpc) is 3.39. The van der Waals surface area contributed by atoms with Crippen LogP contribution < -0.4 is 18.9 Å². The highest BCUT2D eigenvalue weighted by molar-refractivity contribution is 6.14. The van der Waals surface area contributed by atoms with E-state index in [0.717, 1.165) is 18.5 Å². The van der Waals surface area contributed by atoms with E-state index in [9.17, 15) is 4.79 Å². The summed E-state index contributed by atoms with van der Waals surface area (Å²) in [4.78, 5) is 15.2. The zero-order valence-corrected chi connectivity index (χ0v) is 17.5. The molecule has 158 valence electrons. The number of likely N-dealkylation sites (tertiary alicyclic amines) is 1. The van der Waals surface area contributed by atoms with Gasteiger partial charge in [0.25, 0.3) is 0 Å². The standard InChI is InChI=1S/C24H27NO5/c1-27-19-12-17(13-20(15-19)28-2)14-23-24(26)21-7-6-18(16-22(21)30-23)29-11-5-10-25-8-3-4-9-25/h6-7,12-16H,3-5,8-11H2,1-2H3/b23-14+. The number of carbonyl (C=O) groups excluding carboxylic acids is 1. The molecule has 2 heterocycles. The molecule has 0 unspecified atom stereocenters. The van der Waals surface area contributed by atoms with E-state index in [-0.39, 0.29) is 11.5 Å². The minimum Gasteiger partial charge on any atom is -0.497 e. The molecule has 2 aromatic carbocycles. The number of Topliss-reactive ketones (excluding diaryl/α,β-unsaturated/α-hetero) is 1. The summed E-state index contributed by atoms with van der Waals surface area (Å²) in [5.41, 5.74) is 1.31. The lowest BCUT2D eigenvalue weighted by molar-refractivity contribution is 0.101. The predicted octanol–water partition coefficient (Wildman–Crippen LogP) is 4.18. The molecule has 0 spiro atoms. The van der Waals surface area contributed by atoms with Crippen LogP contribution in [0.3, 0.4) is 0 Å². The Morgan fingerprint density at radius 1 is 1.00 bits per heavy atom. The first-order valence-corrected chi connectivity index (χ1v) is 10.3. The van der Waals surface area contributed by atoms with Crippen molar-refractivity contribution < 1.29 is 23.7 Å². The van der Waals surface area contributed by atoms with E-state index in [1.165, 1.54) is 25.9 Å². The second-order valence-electron chi connectivity index (χ2n) is 7.49. The molecule has 4 rings (SSSR count). The van der Waals surface area contributed by atoms with E-state index in [2.05, 4.69) is 4.90 Å². The molecule has 0 atom stereocenters. The van der Waals surface area contributed by atoms with Gasteiger partial charge in [-0.15, -0.1) is 0 Å². The highest BCUT2D eigenvalue weighted by Gasteiger charge is 2.28.